The molecule has 78 valence electrons. The van der Waals surface area contributed by atoms with Crippen LogP contribution in [0, 0.1) is 5.92 Å². The summed E-state index contributed by atoms with van der Waals surface area (Å²) < 4.78 is 0. The van der Waals surface area contributed by atoms with Gasteiger partial charge in [0.25, 0.3) is 0 Å². The third kappa shape index (κ3) is 3.68. The summed E-state index contributed by atoms with van der Waals surface area (Å²) in [7, 11) is 0. The third-order valence-electron chi connectivity index (χ3n) is 3.31. The molecule has 1 rings (SSSR count). The molecule has 1 aliphatic heterocycles. The van der Waals surface area contributed by atoms with E-state index in [1.54, 1.807) is 0 Å². The van der Waals surface area contributed by atoms with Crippen LogP contribution in [0.4, 0.5) is 0 Å². The third-order valence-corrected chi connectivity index (χ3v) is 3.31. The Hall–Kier alpha value is -0.0400. The Morgan fingerprint density at radius 2 is 2.00 bits per heavy atom. The number of likely N-dealkylation sites (tertiary alicyclic amines) is 1. The minimum Gasteiger partial charge on any atom is -0.301 e. The molecular formula is C12H25N. The summed E-state index contributed by atoms with van der Waals surface area (Å²) in [5, 5.41) is 0. The second-order valence-corrected chi connectivity index (χ2v) is 4.72. The van der Waals surface area contributed by atoms with E-state index in [1.807, 2.05) is 0 Å². The van der Waals surface area contributed by atoms with Crippen LogP contribution in [0.3, 0.4) is 0 Å². The molecule has 1 atom stereocenters. The fraction of sp³-hybridized carbons (Fsp3) is 1.00. The molecule has 0 aliphatic carbocycles. The number of nitrogens with zero attached hydrogens (tertiary/aromatic N) is 1. The van der Waals surface area contributed by atoms with Crippen LogP contribution in [0.5, 0.6) is 0 Å². The van der Waals surface area contributed by atoms with Crippen molar-refractivity contribution in [3.05, 3.63) is 0 Å². The SMILES string of the molecule is CCCC1CCCN(C(C)C)CC1. The summed E-state index contributed by atoms with van der Waals surface area (Å²) in [6.07, 6.45) is 7.14. The van der Waals surface area contributed by atoms with Gasteiger partial charge in [0, 0.05) is 6.04 Å². The highest BCUT2D eigenvalue weighted by molar-refractivity contribution is 4.71. The Kier molecular flexibility index (Phi) is 4.79. The maximum Gasteiger partial charge on any atom is 0.00385 e. The minimum absolute atomic E-state index is 0.750. The molecule has 0 aromatic carbocycles. The zero-order valence-corrected chi connectivity index (χ0v) is 9.55. The largest absolute Gasteiger partial charge is 0.301 e. The quantitative estimate of drug-likeness (QED) is 0.649. The normalized spacial score (nSPS) is 26.3. The lowest BCUT2D eigenvalue weighted by Crippen LogP contribution is -2.31. The summed E-state index contributed by atoms with van der Waals surface area (Å²) in [4.78, 5) is 2.63. The summed E-state index contributed by atoms with van der Waals surface area (Å²) in [5.74, 6) is 1.02. The molecule has 1 heteroatoms. The van der Waals surface area contributed by atoms with Gasteiger partial charge in [-0.05, 0) is 52.1 Å². The van der Waals surface area contributed by atoms with Crippen LogP contribution >= 0.6 is 0 Å². The Balaban J connectivity index is 2.30. The first kappa shape index (κ1) is 11.0. The van der Waals surface area contributed by atoms with Crippen molar-refractivity contribution in [2.24, 2.45) is 5.92 Å². The van der Waals surface area contributed by atoms with Crippen molar-refractivity contribution in [1.29, 1.82) is 0 Å². The van der Waals surface area contributed by atoms with Crippen molar-refractivity contribution >= 4 is 0 Å². The van der Waals surface area contributed by atoms with Gasteiger partial charge in [-0.3, -0.25) is 0 Å². The fourth-order valence-electron chi connectivity index (χ4n) is 2.40. The van der Waals surface area contributed by atoms with E-state index in [0.717, 1.165) is 12.0 Å². The molecular weight excluding hydrogens is 158 g/mol. The minimum atomic E-state index is 0.750. The monoisotopic (exact) mass is 183 g/mol. The van der Waals surface area contributed by atoms with Gasteiger partial charge in [0.15, 0.2) is 0 Å². The first-order valence-corrected chi connectivity index (χ1v) is 5.98. The molecule has 1 nitrogen and oxygen atoms in total. The van der Waals surface area contributed by atoms with Gasteiger partial charge in [0.1, 0.15) is 0 Å². The maximum atomic E-state index is 2.63. The second kappa shape index (κ2) is 5.64. The van der Waals surface area contributed by atoms with Crippen molar-refractivity contribution in [1.82, 2.24) is 4.90 Å². The molecule has 0 N–H and O–H groups in total. The fourth-order valence-corrected chi connectivity index (χ4v) is 2.40. The number of hydrogen-bond donors (Lipinski definition) is 0. The number of hydrogen-bond acceptors (Lipinski definition) is 1. The Labute approximate surface area is 83.5 Å². The van der Waals surface area contributed by atoms with Crippen molar-refractivity contribution < 1.29 is 0 Å². The average molecular weight is 183 g/mol. The van der Waals surface area contributed by atoms with E-state index in [9.17, 15) is 0 Å². The molecule has 1 saturated heterocycles. The first-order valence-electron chi connectivity index (χ1n) is 5.98. The Morgan fingerprint density at radius 1 is 1.23 bits per heavy atom. The first-order chi connectivity index (χ1) is 6.24. The zero-order valence-electron chi connectivity index (χ0n) is 9.55. The van der Waals surface area contributed by atoms with Crippen molar-refractivity contribution in [2.45, 2.75) is 58.9 Å². The molecule has 0 saturated carbocycles. The highest BCUT2D eigenvalue weighted by Crippen LogP contribution is 2.22. The predicted molar refractivity (Wildman–Crippen MR) is 59.0 cm³/mol. The highest BCUT2D eigenvalue weighted by atomic mass is 15.1. The van der Waals surface area contributed by atoms with E-state index < -0.39 is 0 Å². The topological polar surface area (TPSA) is 3.24 Å². The smallest absolute Gasteiger partial charge is 0.00385 e. The molecule has 1 unspecified atom stereocenters. The van der Waals surface area contributed by atoms with E-state index in [0.29, 0.717) is 0 Å². The standard InChI is InChI=1S/C12H25N/c1-4-6-12-7-5-9-13(10-8-12)11(2)3/h11-12H,4-10H2,1-3H3. The predicted octanol–water partition coefficient (Wildman–Crippen LogP) is 3.30. The molecule has 1 aliphatic rings. The molecule has 13 heavy (non-hydrogen) atoms. The van der Waals surface area contributed by atoms with Gasteiger partial charge < -0.3 is 4.90 Å². The summed E-state index contributed by atoms with van der Waals surface area (Å²) in [5.41, 5.74) is 0. The molecule has 1 heterocycles. The van der Waals surface area contributed by atoms with Crippen LogP contribution in [0.1, 0.15) is 52.9 Å². The van der Waals surface area contributed by atoms with Crippen LogP contribution in [0.25, 0.3) is 0 Å². The van der Waals surface area contributed by atoms with Crippen molar-refractivity contribution in [3.63, 3.8) is 0 Å². The van der Waals surface area contributed by atoms with Gasteiger partial charge in [-0.15, -0.1) is 0 Å². The van der Waals surface area contributed by atoms with Crippen molar-refractivity contribution in [3.8, 4) is 0 Å². The van der Waals surface area contributed by atoms with Gasteiger partial charge in [0.2, 0.25) is 0 Å². The molecule has 0 bridgehead atoms. The van der Waals surface area contributed by atoms with E-state index in [4.69, 9.17) is 0 Å². The molecule has 0 aromatic rings. The van der Waals surface area contributed by atoms with Gasteiger partial charge >= 0.3 is 0 Å². The summed E-state index contributed by atoms with van der Waals surface area (Å²) >= 11 is 0. The second-order valence-electron chi connectivity index (χ2n) is 4.72. The Bertz CT molecular complexity index is 131. The summed E-state index contributed by atoms with van der Waals surface area (Å²) in [6.45, 7) is 9.62. The van der Waals surface area contributed by atoms with Crippen LogP contribution in [-0.4, -0.2) is 24.0 Å². The zero-order chi connectivity index (χ0) is 9.68. The van der Waals surface area contributed by atoms with E-state index in [1.165, 1.54) is 45.2 Å². The molecule has 1 fully saturated rings. The maximum absolute atomic E-state index is 2.63. The van der Waals surface area contributed by atoms with Crippen LogP contribution in [-0.2, 0) is 0 Å². The van der Waals surface area contributed by atoms with Gasteiger partial charge in [0.05, 0.1) is 0 Å². The highest BCUT2D eigenvalue weighted by Gasteiger charge is 2.17. The summed E-state index contributed by atoms with van der Waals surface area (Å²) in [6, 6.07) is 0.750. The lowest BCUT2D eigenvalue weighted by molar-refractivity contribution is 0.227. The molecule has 0 amide bonds. The van der Waals surface area contributed by atoms with Gasteiger partial charge in [-0.1, -0.05) is 19.8 Å². The van der Waals surface area contributed by atoms with Crippen LogP contribution in [0.15, 0.2) is 0 Å². The van der Waals surface area contributed by atoms with E-state index >= 15 is 0 Å². The van der Waals surface area contributed by atoms with Crippen LogP contribution in [0.2, 0.25) is 0 Å². The average Bonchev–Trinajstić information content (AvgIpc) is 2.30. The van der Waals surface area contributed by atoms with E-state index in [-0.39, 0.29) is 0 Å². The van der Waals surface area contributed by atoms with Gasteiger partial charge in [-0.2, -0.15) is 0 Å². The Morgan fingerprint density at radius 3 is 2.62 bits per heavy atom. The lowest BCUT2D eigenvalue weighted by Gasteiger charge is -2.24. The molecule has 0 radical (unpaired) electrons. The lowest BCUT2D eigenvalue weighted by atomic mass is 9.96. The van der Waals surface area contributed by atoms with Crippen LogP contribution < -0.4 is 0 Å². The van der Waals surface area contributed by atoms with Crippen molar-refractivity contribution in [2.75, 3.05) is 13.1 Å². The van der Waals surface area contributed by atoms with Gasteiger partial charge in [-0.25, -0.2) is 0 Å². The van der Waals surface area contributed by atoms with E-state index in [2.05, 4.69) is 25.7 Å². The number of rotatable bonds is 3. The molecule has 0 aromatic heterocycles. The molecule has 0 spiro atoms.